The minimum absolute atomic E-state index is 0.0855. The minimum Gasteiger partial charge on any atom is -0.372 e. The first-order valence-corrected chi connectivity index (χ1v) is 11.0. The molecule has 1 unspecified atom stereocenters. The number of fused-ring (bicyclic) bond motifs is 5. The average molecular weight is 360 g/mol. The van der Waals surface area contributed by atoms with Gasteiger partial charge in [-0.2, -0.15) is 0 Å². The van der Waals surface area contributed by atoms with Gasteiger partial charge in [-0.05, 0) is 85.0 Å². The number of carbonyl (C=O) groups is 1. The van der Waals surface area contributed by atoms with Gasteiger partial charge in [0.25, 0.3) is 0 Å². The maximum absolute atomic E-state index is 12.8. The third-order valence-corrected chi connectivity index (χ3v) is 8.96. The van der Waals surface area contributed by atoms with E-state index in [9.17, 15) is 4.79 Å². The molecule has 0 amide bonds. The van der Waals surface area contributed by atoms with Crippen LogP contribution in [-0.2, 0) is 9.53 Å². The lowest BCUT2D eigenvalue weighted by atomic mass is 9.45. The monoisotopic (exact) mass is 359 g/mol. The van der Waals surface area contributed by atoms with Gasteiger partial charge in [-0.1, -0.05) is 32.8 Å². The normalized spacial score (nSPS) is 44.7. The second-order valence-corrected chi connectivity index (χ2v) is 9.98. The summed E-state index contributed by atoms with van der Waals surface area (Å²) in [5.74, 6) is 3.55. The molecule has 4 aliphatic carbocycles. The van der Waals surface area contributed by atoms with Crippen LogP contribution < -0.4 is 5.73 Å². The van der Waals surface area contributed by atoms with Crippen molar-refractivity contribution in [3.63, 3.8) is 0 Å². The fourth-order valence-electron chi connectivity index (χ4n) is 7.62. The number of allylic oxidation sites excluding steroid dienone is 1. The Kier molecular flexibility index (Phi) is 5.07. The van der Waals surface area contributed by atoms with Crippen molar-refractivity contribution in [3.8, 4) is 0 Å². The SMILES string of the molecule is C[C@]12CCCCC1CC[C@@H]1[C@@H]2CC[C@]2(C)C(C(=O)COCCN)=CC[C@@H]12. The first-order chi connectivity index (χ1) is 12.5. The van der Waals surface area contributed by atoms with Crippen molar-refractivity contribution in [1.82, 2.24) is 0 Å². The number of nitrogens with two attached hydrogens (primary N) is 1. The van der Waals surface area contributed by atoms with Gasteiger partial charge < -0.3 is 10.5 Å². The molecule has 0 aromatic heterocycles. The Morgan fingerprint density at radius 3 is 2.81 bits per heavy atom. The Bertz CT molecular complexity index is 585. The van der Waals surface area contributed by atoms with E-state index in [-0.39, 0.29) is 17.8 Å². The molecule has 0 aromatic carbocycles. The first-order valence-electron chi connectivity index (χ1n) is 11.0. The number of ether oxygens (including phenoxy) is 1. The Morgan fingerprint density at radius 1 is 1.15 bits per heavy atom. The third-order valence-electron chi connectivity index (χ3n) is 8.96. The van der Waals surface area contributed by atoms with Crippen molar-refractivity contribution in [2.75, 3.05) is 19.8 Å². The second-order valence-electron chi connectivity index (χ2n) is 9.98. The van der Waals surface area contributed by atoms with Gasteiger partial charge in [-0.25, -0.2) is 0 Å². The maximum atomic E-state index is 12.8. The number of hydrogen-bond donors (Lipinski definition) is 1. The molecule has 0 bridgehead atoms. The molecule has 0 aliphatic heterocycles. The lowest BCUT2D eigenvalue weighted by Crippen LogP contribution is -2.52. The van der Waals surface area contributed by atoms with Crippen LogP contribution in [-0.4, -0.2) is 25.5 Å². The van der Waals surface area contributed by atoms with Crippen LogP contribution in [0.3, 0.4) is 0 Å². The Labute approximate surface area is 159 Å². The van der Waals surface area contributed by atoms with Gasteiger partial charge in [0, 0.05) is 6.54 Å². The van der Waals surface area contributed by atoms with E-state index in [0.29, 0.717) is 24.5 Å². The minimum atomic E-state index is 0.0855. The predicted molar refractivity (Wildman–Crippen MR) is 105 cm³/mol. The fourth-order valence-corrected chi connectivity index (χ4v) is 7.62. The number of hydrogen-bond acceptors (Lipinski definition) is 3. The molecule has 26 heavy (non-hydrogen) atoms. The highest BCUT2D eigenvalue weighted by Gasteiger charge is 2.58. The Hall–Kier alpha value is -0.670. The summed E-state index contributed by atoms with van der Waals surface area (Å²) in [6.45, 7) is 6.16. The van der Waals surface area contributed by atoms with Crippen molar-refractivity contribution in [2.24, 2.45) is 40.2 Å². The highest BCUT2D eigenvalue weighted by molar-refractivity contribution is 5.98. The van der Waals surface area contributed by atoms with Crippen LogP contribution in [0.4, 0.5) is 0 Å². The van der Waals surface area contributed by atoms with Crippen LogP contribution in [0.1, 0.15) is 71.6 Å². The average Bonchev–Trinajstić information content (AvgIpc) is 2.98. The summed E-state index contributed by atoms with van der Waals surface area (Å²) in [4.78, 5) is 12.8. The lowest BCUT2D eigenvalue weighted by molar-refractivity contribution is -0.124. The quantitative estimate of drug-likeness (QED) is 0.735. The molecular formula is C23H37NO2. The van der Waals surface area contributed by atoms with Crippen molar-refractivity contribution >= 4 is 5.78 Å². The topological polar surface area (TPSA) is 52.3 Å². The van der Waals surface area contributed by atoms with Gasteiger partial charge in [0.2, 0.25) is 0 Å². The second kappa shape index (κ2) is 7.05. The molecule has 4 aliphatic rings. The molecule has 0 heterocycles. The van der Waals surface area contributed by atoms with E-state index in [1.807, 2.05) is 0 Å². The van der Waals surface area contributed by atoms with Crippen LogP contribution in [0.25, 0.3) is 0 Å². The van der Waals surface area contributed by atoms with E-state index in [1.165, 1.54) is 51.4 Å². The molecule has 146 valence electrons. The van der Waals surface area contributed by atoms with Crippen molar-refractivity contribution in [3.05, 3.63) is 11.6 Å². The molecule has 0 aromatic rings. The summed E-state index contributed by atoms with van der Waals surface area (Å²) >= 11 is 0. The summed E-state index contributed by atoms with van der Waals surface area (Å²) in [7, 11) is 0. The van der Waals surface area contributed by atoms with Crippen LogP contribution in [0.15, 0.2) is 11.6 Å². The molecule has 3 nitrogen and oxygen atoms in total. The summed E-state index contributed by atoms with van der Waals surface area (Å²) in [6, 6.07) is 0. The lowest BCUT2D eigenvalue weighted by Gasteiger charge is -2.60. The van der Waals surface area contributed by atoms with E-state index in [2.05, 4.69) is 19.9 Å². The standard InChI is InChI=1S/C23H37NO2/c1-22-11-4-3-5-16(22)6-7-17-18-8-9-20(21(25)15-26-14-13-24)23(18,2)12-10-19(17)22/h9,16-19H,3-8,10-15,24H2,1-2H3/t16?,17-,18-,19-,22-,23-/m0/s1. The first kappa shape index (κ1) is 18.7. The van der Waals surface area contributed by atoms with E-state index >= 15 is 0 Å². The third kappa shape index (κ3) is 2.81. The Morgan fingerprint density at radius 2 is 2.00 bits per heavy atom. The predicted octanol–water partition coefficient (Wildman–Crippen LogP) is 4.50. The zero-order valence-electron chi connectivity index (χ0n) is 16.8. The highest BCUT2D eigenvalue weighted by atomic mass is 16.5. The molecule has 3 fully saturated rings. The number of ketones is 1. The number of Topliss-reactive ketones (excluding diaryl/α,β-unsaturated/α-hetero) is 1. The summed E-state index contributed by atoms with van der Waals surface area (Å²) in [5, 5.41) is 0. The van der Waals surface area contributed by atoms with E-state index in [1.54, 1.807) is 0 Å². The van der Waals surface area contributed by atoms with Crippen LogP contribution in [0.5, 0.6) is 0 Å². The maximum Gasteiger partial charge on any atom is 0.184 e. The van der Waals surface area contributed by atoms with Crippen molar-refractivity contribution in [2.45, 2.75) is 71.6 Å². The van der Waals surface area contributed by atoms with Gasteiger partial charge in [0.15, 0.2) is 5.78 Å². The molecule has 0 radical (unpaired) electrons. The van der Waals surface area contributed by atoms with Gasteiger partial charge in [0.1, 0.15) is 6.61 Å². The van der Waals surface area contributed by atoms with Crippen molar-refractivity contribution in [1.29, 1.82) is 0 Å². The molecule has 0 spiro atoms. The fraction of sp³-hybridized carbons (Fsp3) is 0.870. The highest BCUT2D eigenvalue weighted by Crippen LogP contribution is 2.66. The van der Waals surface area contributed by atoms with E-state index in [4.69, 9.17) is 10.5 Å². The zero-order valence-corrected chi connectivity index (χ0v) is 16.8. The molecule has 2 N–H and O–H groups in total. The van der Waals surface area contributed by atoms with E-state index in [0.717, 1.165) is 29.7 Å². The molecule has 4 rings (SSSR count). The number of carbonyl (C=O) groups excluding carboxylic acids is 1. The van der Waals surface area contributed by atoms with Crippen LogP contribution in [0, 0.1) is 34.5 Å². The summed E-state index contributed by atoms with van der Waals surface area (Å²) < 4.78 is 5.46. The molecule has 6 atom stereocenters. The van der Waals surface area contributed by atoms with Crippen LogP contribution in [0.2, 0.25) is 0 Å². The van der Waals surface area contributed by atoms with Gasteiger partial charge >= 0.3 is 0 Å². The summed E-state index contributed by atoms with van der Waals surface area (Å²) in [5.41, 5.74) is 7.22. The molecule has 0 saturated heterocycles. The molecular weight excluding hydrogens is 322 g/mol. The van der Waals surface area contributed by atoms with Gasteiger partial charge in [-0.15, -0.1) is 0 Å². The van der Waals surface area contributed by atoms with Crippen molar-refractivity contribution < 1.29 is 9.53 Å². The smallest absolute Gasteiger partial charge is 0.184 e. The largest absolute Gasteiger partial charge is 0.372 e. The zero-order chi connectivity index (χ0) is 18.4. The van der Waals surface area contributed by atoms with Crippen LogP contribution >= 0.6 is 0 Å². The molecule has 3 saturated carbocycles. The number of rotatable bonds is 5. The summed E-state index contributed by atoms with van der Waals surface area (Å²) in [6.07, 6.45) is 14.5. The van der Waals surface area contributed by atoms with Gasteiger partial charge in [0.05, 0.1) is 6.61 Å². The Balaban J connectivity index is 1.51. The van der Waals surface area contributed by atoms with E-state index < -0.39 is 0 Å². The molecule has 3 heteroatoms. The van der Waals surface area contributed by atoms with Gasteiger partial charge in [-0.3, -0.25) is 4.79 Å².